The number of carbonyl (C=O) groups excluding carboxylic acids is 1. The third-order valence-corrected chi connectivity index (χ3v) is 5.71. The van der Waals surface area contributed by atoms with Gasteiger partial charge in [0, 0.05) is 26.0 Å². The number of nitrogens with zero attached hydrogens (tertiary/aromatic N) is 6. The van der Waals surface area contributed by atoms with E-state index in [1.165, 1.54) is 6.33 Å². The SMILES string of the molecule is Cn1ccnc1CN1CCC2(CC1)CCN(c1cncnc1)C2=O.O=C(O)C(F)(F)F. The summed E-state index contributed by atoms with van der Waals surface area (Å²) in [5, 5.41) is 7.12. The molecule has 0 saturated carbocycles. The zero-order valence-electron chi connectivity index (χ0n) is 16.9. The quantitative estimate of drug-likeness (QED) is 0.777. The number of imidazole rings is 1. The summed E-state index contributed by atoms with van der Waals surface area (Å²) < 4.78 is 33.8. The van der Waals surface area contributed by atoms with Crippen LogP contribution < -0.4 is 4.90 Å². The summed E-state index contributed by atoms with van der Waals surface area (Å²) in [7, 11) is 2.02. The molecule has 0 bridgehead atoms. The molecule has 1 spiro atoms. The highest BCUT2D eigenvalue weighted by Crippen LogP contribution is 2.43. The first-order valence-corrected chi connectivity index (χ1v) is 9.68. The molecule has 4 heterocycles. The first-order valence-electron chi connectivity index (χ1n) is 9.68. The third-order valence-electron chi connectivity index (χ3n) is 5.71. The van der Waals surface area contributed by atoms with Gasteiger partial charge in [0.15, 0.2) is 0 Å². The highest BCUT2D eigenvalue weighted by atomic mass is 19.4. The maximum atomic E-state index is 13.0. The Morgan fingerprint density at radius 2 is 1.74 bits per heavy atom. The Bertz CT molecular complexity index is 910. The zero-order valence-corrected chi connectivity index (χ0v) is 16.9. The van der Waals surface area contributed by atoms with Crippen LogP contribution in [0.4, 0.5) is 18.9 Å². The van der Waals surface area contributed by atoms with Gasteiger partial charge in [0.2, 0.25) is 5.91 Å². The van der Waals surface area contributed by atoms with Crippen LogP contribution in [0.2, 0.25) is 0 Å². The van der Waals surface area contributed by atoms with Crippen LogP contribution >= 0.6 is 0 Å². The molecule has 2 aromatic rings. The van der Waals surface area contributed by atoms with Gasteiger partial charge in [-0.2, -0.15) is 13.2 Å². The van der Waals surface area contributed by atoms with Crippen molar-refractivity contribution in [3.8, 4) is 0 Å². The maximum absolute atomic E-state index is 13.0. The van der Waals surface area contributed by atoms with Crippen molar-refractivity contribution in [2.24, 2.45) is 12.5 Å². The summed E-state index contributed by atoms with van der Waals surface area (Å²) in [4.78, 5) is 38.6. The van der Waals surface area contributed by atoms with E-state index in [2.05, 4.69) is 24.4 Å². The van der Waals surface area contributed by atoms with Gasteiger partial charge in [0.25, 0.3) is 0 Å². The highest BCUT2D eigenvalue weighted by molar-refractivity contribution is 5.99. The number of likely N-dealkylation sites (tertiary alicyclic amines) is 1. The minimum Gasteiger partial charge on any atom is -0.475 e. The molecule has 2 aliphatic rings. The van der Waals surface area contributed by atoms with Crippen molar-refractivity contribution in [1.29, 1.82) is 0 Å². The van der Waals surface area contributed by atoms with Crippen molar-refractivity contribution < 1.29 is 27.9 Å². The molecule has 0 atom stereocenters. The lowest BCUT2D eigenvalue weighted by atomic mass is 9.77. The van der Waals surface area contributed by atoms with E-state index in [0.29, 0.717) is 0 Å². The van der Waals surface area contributed by atoms with E-state index in [0.717, 1.165) is 57.0 Å². The Labute approximate surface area is 176 Å². The minimum atomic E-state index is -5.08. The number of aliphatic carboxylic acids is 1. The second kappa shape index (κ2) is 9.00. The van der Waals surface area contributed by atoms with Crippen molar-refractivity contribution in [3.05, 3.63) is 36.9 Å². The standard InChI is InChI=1S/C17H22N6O.C2HF3O2/c1-21-9-5-20-15(21)12-22-6-2-17(3-7-22)4-8-23(16(17)24)14-10-18-13-19-11-14;3-2(4,5)1(6)7/h5,9-11,13H,2-4,6-8,12H2,1H3;(H,6,7). The van der Waals surface area contributed by atoms with Gasteiger partial charge in [-0.15, -0.1) is 0 Å². The smallest absolute Gasteiger partial charge is 0.475 e. The van der Waals surface area contributed by atoms with Crippen molar-refractivity contribution in [1.82, 2.24) is 24.4 Å². The number of hydrogen-bond donors (Lipinski definition) is 1. The van der Waals surface area contributed by atoms with Crippen LogP contribution in [0.5, 0.6) is 0 Å². The molecule has 1 amide bonds. The Kier molecular flexibility index (Phi) is 6.58. The fourth-order valence-corrected chi connectivity index (χ4v) is 3.85. The Balaban J connectivity index is 0.000000339. The van der Waals surface area contributed by atoms with E-state index in [9.17, 15) is 18.0 Å². The van der Waals surface area contributed by atoms with E-state index < -0.39 is 12.1 Å². The van der Waals surface area contributed by atoms with Crippen LogP contribution in [0.25, 0.3) is 0 Å². The van der Waals surface area contributed by atoms with Crippen molar-refractivity contribution in [2.45, 2.75) is 32.0 Å². The lowest BCUT2D eigenvalue weighted by Crippen LogP contribution is -2.44. The molecule has 168 valence electrons. The number of hydrogen-bond acceptors (Lipinski definition) is 6. The molecule has 2 aliphatic heterocycles. The predicted molar refractivity (Wildman–Crippen MR) is 103 cm³/mol. The second-order valence-corrected chi connectivity index (χ2v) is 7.62. The normalized spacial score (nSPS) is 18.7. The average molecular weight is 440 g/mol. The summed E-state index contributed by atoms with van der Waals surface area (Å²) >= 11 is 0. The van der Waals surface area contributed by atoms with Gasteiger partial charge in [0.1, 0.15) is 12.2 Å². The summed E-state index contributed by atoms with van der Waals surface area (Å²) in [5.41, 5.74) is 0.614. The summed E-state index contributed by atoms with van der Waals surface area (Å²) in [5.74, 6) is -1.44. The molecular weight excluding hydrogens is 417 g/mol. The van der Waals surface area contributed by atoms with Crippen LogP contribution in [0, 0.1) is 5.41 Å². The summed E-state index contributed by atoms with van der Waals surface area (Å²) in [6, 6.07) is 0. The van der Waals surface area contributed by atoms with Gasteiger partial charge in [-0.1, -0.05) is 0 Å². The number of carboxylic acids is 1. The topological polar surface area (TPSA) is 104 Å². The van der Waals surface area contributed by atoms with Crippen LogP contribution in [0.3, 0.4) is 0 Å². The number of halogens is 3. The molecule has 4 rings (SSSR count). The van der Waals surface area contributed by atoms with Crippen molar-refractivity contribution in [2.75, 3.05) is 24.5 Å². The van der Waals surface area contributed by atoms with E-state index in [1.807, 2.05) is 24.3 Å². The number of carbonyl (C=O) groups is 2. The van der Waals surface area contributed by atoms with Crippen LogP contribution in [0.1, 0.15) is 25.1 Å². The molecule has 12 heteroatoms. The highest BCUT2D eigenvalue weighted by Gasteiger charge is 2.48. The number of amides is 1. The zero-order chi connectivity index (χ0) is 22.6. The summed E-state index contributed by atoms with van der Waals surface area (Å²) in [6.07, 6.45) is 6.43. The van der Waals surface area contributed by atoms with Crippen molar-refractivity contribution in [3.63, 3.8) is 0 Å². The van der Waals surface area contributed by atoms with Gasteiger partial charge < -0.3 is 14.6 Å². The van der Waals surface area contributed by atoms with E-state index in [4.69, 9.17) is 9.90 Å². The maximum Gasteiger partial charge on any atom is 0.490 e. The van der Waals surface area contributed by atoms with Crippen LogP contribution in [-0.4, -0.2) is 67.2 Å². The second-order valence-electron chi connectivity index (χ2n) is 7.62. The lowest BCUT2D eigenvalue weighted by Gasteiger charge is -2.37. The molecule has 2 fully saturated rings. The Morgan fingerprint density at radius 1 is 1.16 bits per heavy atom. The van der Waals surface area contributed by atoms with E-state index in [1.54, 1.807) is 12.4 Å². The van der Waals surface area contributed by atoms with Crippen molar-refractivity contribution >= 4 is 17.6 Å². The molecule has 1 N–H and O–H groups in total. The number of anilines is 1. The Hall–Kier alpha value is -3.02. The number of alkyl halides is 3. The van der Waals surface area contributed by atoms with Gasteiger partial charge in [-0.3, -0.25) is 9.69 Å². The van der Waals surface area contributed by atoms with Gasteiger partial charge in [-0.05, 0) is 32.4 Å². The average Bonchev–Trinajstić information content (AvgIpc) is 3.28. The molecule has 2 saturated heterocycles. The van der Waals surface area contributed by atoms with Gasteiger partial charge in [0.05, 0.1) is 30.0 Å². The molecule has 0 radical (unpaired) electrons. The van der Waals surface area contributed by atoms with Gasteiger partial charge >= 0.3 is 12.1 Å². The predicted octanol–water partition coefficient (Wildman–Crippen LogP) is 1.86. The van der Waals surface area contributed by atoms with Crippen LogP contribution in [-0.2, 0) is 23.2 Å². The first kappa shape index (κ1) is 22.7. The number of carboxylic acid groups (broad SMARTS) is 1. The monoisotopic (exact) mass is 440 g/mol. The molecule has 31 heavy (non-hydrogen) atoms. The largest absolute Gasteiger partial charge is 0.490 e. The van der Waals surface area contributed by atoms with Gasteiger partial charge in [-0.25, -0.2) is 19.7 Å². The number of aromatic nitrogens is 4. The molecule has 0 unspecified atom stereocenters. The fraction of sp³-hybridized carbons (Fsp3) is 0.526. The fourth-order valence-electron chi connectivity index (χ4n) is 3.85. The molecular formula is C19H23F3N6O3. The number of rotatable bonds is 3. The molecule has 2 aromatic heterocycles. The Morgan fingerprint density at radius 3 is 2.26 bits per heavy atom. The number of aryl methyl sites for hydroxylation is 1. The number of piperidine rings is 1. The minimum absolute atomic E-state index is 0.200. The third kappa shape index (κ3) is 5.19. The molecule has 0 aromatic carbocycles. The van der Waals surface area contributed by atoms with E-state index in [-0.39, 0.29) is 11.3 Å². The molecule has 9 nitrogen and oxygen atoms in total. The lowest BCUT2D eigenvalue weighted by molar-refractivity contribution is -0.192. The van der Waals surface area contributed by atoms with Crippen LogP contribution in [0.15, 0.2) is 31.1 Å². The molecule has 0 aliphatic carbocycles. The first-order chi connectivity index (χ1) is 14.6. The van der Waals surface area contributed by atoms with E-state index >= 15 is 0 Å². The summed E-state index contributed by atoms with van der Waals surface area (Å²) in [6.45, 7) is 3.51.